The molecule has 0 saturated carbocycles. The Bertz CT molecular complexity index is 758. The second-order valence-corrected chi connectivity index (χ2v) is 5.40. The number of hydrogen-bond acceptors (Lipinski definition) is 2. The van der Waals surface area contributed by atoms with Crippen LogP contribution in [0, 0.1) is 0 Å². The Labute approximate surface area is 131 Å². The SMILES string of the molecule is CCC1(O)c2cc(C(F)(F)F)ccc2C(=O)N1c1ccccc1. The average Bonchev–Trinajstić information content (AvgIpc) is 2.76. The number of alkyl halides is 3. The van der Waals surface area contributed by atoms with E-state index in [0.29, 0.717) is 5.69 Å². The van der Waals surface area contributed by atoms with Crippen molar-refractivity contribution in [3.63, 3.8) is 0 Å². The van der Waals surface area contributed by atoms with Gasteiger partial charge >= 0.3 is 6.18 Å². The number of hydrogen-bond donors (Lipinski definition) is 1. The highest BCUT2D eigenvalue weighted by Crippen LogP contribution is 2.44. The van der Waals surface area contributed by atoms with Crippen molar-refractivity contribution in [2.75, 3.05) is 4.90 Å². The predicted octanol–water partition coefficient (Wildman–Crippen LogP) is 3.92. The van der Waals surface area contributed by atoms with Gasteiger partial charge in [0, 0.05) is 16.8 Å². The van der Waals surface area contributed by atoms with Crippen molar-refractivity contribution in [1.29, 1.82) is 0 Å². The molecule has 3 nitrogen and oxygen atoms in total. The second kappa shape index (κ2) is 5.09. The average molecular weight is 321 g/mol. The van der Waals surface area contributed by atoms with E-state index < -0.39 is 23.4 Å². The minimum absolute atomic E-state index is 0.0105. The number of para-hydroxylation sites is 1. The fraction of sp³-hybridized carbons (Fsp3) is 0.235. The number of anilines is 1. The maximum atomic E-state index is 12.9. The fourth-order valence-corrected chi connectivity index (χ4v) is 2.90. The van der Waals surface area contributed by atoms with Crippen LogP contribution in [-0.4, -0.2) is 11.0 Å². The topological polar surface area (TPSA) is 40.5 Å². The molecule has 2 aromatic rings. The molecule has 0 fully saturated rings. The Hall–Kier alpha value is -2.34. The summed E-state index contributed by atoms with van der Waals surface area (Å²) in [6.45, 7) is 1.62. The maximum Gasteiger partial charge on any atom is 0.416 e. The molecule has 1 amide bonds. The molecule has 0 spiro atoms. The summed E-state index contributed by atoms with van der Waals surface area (Å²) in [5.41, 5.74) is -2.16. The molecule has 0 radical (unpaired) electrons. The Morgan fingerprint density at radius 3 is 2.35 bits per heavy atom. The van der Waals surface area contributed by atoms with E-state index in [1.807, 2.05) is 0 Å². The lowest BCUT2D eigenvalue weighted by atomic mass is 9.96. The third kappa shape index (κ3) is 2.30. The van der Waals surface area contributed by atoms with Gasteiger partial charge in [-0.2, -0.15) is 13.2 Å². The quantitative estimate of drug-likeness (QED) is 0.911. The van der Waals surface area contributed by atoms with Gasteiger partial charge in [0.05, 0.1) is 5.56 Å². The second-order valence-electron chi connectivity index (χ2n) is 5.40. The minimum Gasteiger partial charge on any atom is -0.366 e. The molecule has 1 N–H and O–H groups in total. The summed E-state index contributed by atoms with van der Waals surface area (Å²) >= 11 is 0. The summed E-state index contributed by atoms with van der Waals surface area (Å²) in [6.07, 6.45) is -4.46. The normalized spacial score (nSPS) is 20.7. The van der Waals surface area contributed by atoms with Gasteiger partial charge < -0.3 is 5.11 Å². The van der Waals surface area contributed by atoms with Gasteiger partial charge in [-0.1, -0.05) is 25.1 Å². The molecule has 1 unspecified atom stereocenters. The first-order chi connectivity index (χ1) is 10.8. The number of amides is 1. The van der Waals surface area contributed by atoms with Crippen LogP contribution in [0.5, 0.6) is 0 Å². The van der Waals surface area contributed by atoms with E-state index in [4.69, 9.17) is 0 Å². The van der Waals surface area contributed by atoms with Gasteiger partial charge in [0.15, 0.2) is 5.72 Å². The highest BCUT2D eigenvalue weighted by atomic mass is 19.4. The van der Waals surface area contributed by atoms with Gasteiger partial charge in [-0.05, 0) is 36.8 Å². The highest BCUT2D eigenvalue weighted by Gasteiger charge is 2.49. The van der Waals surface area contributed by atoms with Crippen molar-refractivity contribution in [3.05, 3.63) is 65.2 Å². The first kappa shape index (κ1) is 15.6. The van der Waals surface area contributed by atoms with Crippen LogP contribution >= 0.6 is 0 Å². The third-order valence-corrected chi connectivity index (χ3v) is 4.09. The number of benzene rings is 2. The molecule has 120 valence electrons. The van der Waals surface area contributed by atoms with E-state index >= 15 is 0 Å². The highest BCUT2D eigenvalue weighted by molar-refractivity contribution is 6.11. The first-order valence-electron chi connectivity index (χ1n) is 7.12. The van der Waals surface area contributed by atoms with Gasteiger partial charge in [-0.3, -0.25) is 9.69 Å². The molecule has 1 aliphatic heterocycles. The van der Waals surface area contributed by atoms with Crippen molar-refractivity contribution in [2.45, 2.75) is 25.2 Å². The van der Waals surface area contributed by atoms with Crippen molar-refractivity contribution < 1.29 is 23.1 Å². The molecule has 1 atom stereocenters. The molecule has 0 bridgehead atoms. The van der Waals surface area contributed by atoms with E-state index in [9.17, 15) is 23.1 Å². The summed E-state index contributed by atoms with van der Waals surface area (Å²) in [4.78, 5) is 13.8. The summed E-state index contributed by atoms with van der Waals surface area (Å²) in [7, 11) is 0. The van der Waals surface area contributed by atoms with Crippen molar-refractivity contribution >= 4 is 11.6 Å². The lowest BCUT2D eigenvalue weighted by Gasteiger charge is -2.33. The van der Waals surface area contributed by atoms with Gasteiger partial charge in [0.2, 0.25) is 0 Å². The maximum absolute atomic E-state index is 12.9. The van der Waals surface area contributed by atoms with E-state index in [1.165, 1.54) is 0 Å². The van der Waals surface area contributed by atoms with Crippen molar-refractivity contribution in [3.8, 4) is 0 Å². The molecular formula is C17H14F3NO2. The molecule has 6 heteroatoms. The molecule has 23 heavy (non-hydrogen) atoms. The fourth-order valence-electron chi connectivity index (χ4n) is 2.90. The van der Waals surface area contributed by atoms with Gasteiger partial charge in [0.25, 0.3) is 5.91 Å². The van der Waals surface area contributed by atoms with Crippen LogP contribution in [0.25, 0.3) is 0 Å². The van der Waals surface area contributed by atoms with Crippen LogP contribution < -0.4 is 4.90 Å². The summed E-state index contributed by atoms with van der Waals surface area (Å²) in [6, 6.07) is 11.3. The van der Waals surface area contributed by atoms with Gasteiger partial charge in [0.1, 0.15) is 0 Å². The lowest BCUT2D eigenvalue weighted by Crippen LogP contribution is -2.43. The zero-order valence-electron chi connectivity index (χ0n) is 12.3. The molecule has 0 aromatic heterocycles. The van der Waals surface area contributed by atoms with E-state index in [2.05, 4.69) is 0 Å². The van der Waals surface area contributed by atoms with Gasteiger partial charge in [-0.15, -0.1) is 0 Å². The summed E-state index contributed by atoms with van der Waals surface area (Å²) in [5.74, 6) is -0.510. The monoisotopic (exact) mass is 321 g/mol. The van der Waals surface area contributed by atoms with Crippen LogP contribution in [0.4, 0.5) is 18.9 Å². The molecule has 3 rings (SSSR count). The number of carbonyl (C=O) groups is 1. The van der Waals surface area contributed by atoms with E-state index in [-0.39, 0.29) is 17.5 Å². The zero-order chi connectivity index (χ0) is 16.8. The Kier molecular flexibility index (Phi) is 3.44. The summed E-state index contributed by atoms with van der Waals surface area (Å²) in [5, 5.41) is 11.0. The van der Waals surface area contributed by atoms with E-state index in [0.717, 1.165) is 23.1 Å². The third-order valence-electron chi connectivity index (χ3n) is 4.09. The lowest BCUT2D eigenvalue weighted by molar-refractivity contribution is -0.137. The van der Waals surface area contributed by atoms with Crippen LogP contribution in [0.15, 0.2) is 48.5 Å². The van der Waals surface area contributed by atoms with Crippen molar-refractivity contribution in [1.82, 2.24) is 0 Å². The van der Waals surface area contributed by atoms with Crippen LogP contribution in [0.2, 0.25) is 0 Å². The molecule has 2 aromatic carbocycles. The molecule has 0 aliphatic carbocycles. The Morgan fingerprint density at radius 2 is 1.78 bits per heavy atom. The zero-order valence-corrected chi connectivity index (χ0v) is 12.3. The smallest absolute Gasteiger partial charge is 0.366 e. The largest absolute Gasteiger partial charge is 0.416 e. The van der Waals surface area contributed by atoms with Crippen LogP contribution in [0.1, 0.15) is 34.8 Å². The molecule has 0 saturated heterocycles. The van der Waals surface area contributed by atoms with Crippen LogP contribution in [-0.2, 0) is 11.9 Å². The number of aliphatic hydroxyl groups is 1. The van der Waals surface area contributed by atoms with E-state index in [1.54, 1.807) is 37.3 Å². The Balaban J connectivity index is 2.19. The Morgan fingerprint density at radius 1 is 1.13 bits per heavy atom. The van der Waals surface area contributed by atoms with Crippen molar-refractivity contribution in [2.24, 2.45) is 0 Å². The number of halogens is 3. The van der Waals surface area contributed by atoms with Gasteiger partial charge in [-0.25, -0.2) is 0 Å². The molecule has 1 aliphatic rings. The summed E-state index contributed by atoms with van der Waals surface area (Å²) < 4.78 is 38.8. The first-order valence-corrected chi connectivity index (χ1v) is 7.12. The number of fused-ring (bicyclic) bond motifs is 1. The van der Waals surface area contributed by atoms with Crippen LogP contribution in [0.3, 0.4) is 0 Å². The number of nitrogens with zero attached hydrogens (tertiary/aromatic N) is 1. The minimum atomic E-state index is -4.53. The standard InChI is InChI=1S/C17H14F3NO2/c1-2-16(23)14-10-11(17(18,19)20)8-9-13(14)15(22)21(16)12-6-4-3-5-7-12/h3-10,23H,2H2,1H3. The number of carbonyl (C=O) groups excluding carboxylic acids is 1. The predicted molar refractivity (Wildman–Crippen MR) is 78.9 cm³/mol. The number of rotatable bonds is 2. The molecule has 1 heterocycles. The molecular weight excluding hydrogens is 307 g/mol.